The van der Waals surface area contributed by atoms with Gasteiger partial charge in [0, 0.05) is 5.54 Å². The number of nitrogens with two attached hydrogens (primary N) is 1. The monoisotopic (exact) mass is 243 g/mol. The SMILES string of the molecule is NC1(Cc2ccccc2F)CCS(=O)(=O)C1. The fourth-order valence-corrected chi connectivity index (χ4v) is 4.09. The largest absolute Gasteiger partial charge is 0.324 e. The first-order chi connectivity index (χ1) is 7.40. The molecule has 1 heterocycles. The van der Waals surface area contributed by atoms with E-state index in [-0.39, 0.29) is 23.7 Å². The molecule has 2 rings (SSSR count). The van der Waals surface area contributed by atoms with Crippen LogP contribution in [0.15, 0.2) is 24.3 Å². The van der Waals surface area contributed by atoms with Crippen LogP contribution in [0.3, 0.4) is 0 Å². The lowest BCUT2D eigenvalue weighted by Crippen LogP contribution is -2.43. The molecule has 1 unspecified atom stereocenters. The van der Waals surface area contributed by atoms with Crippen LogP contribution in [0, 0.1) is 5.82 Å². The Labute approximate surface area is 94.4 Å². The second kappa shape index (κ2) is 3.82. The molecule has 16 heavy (non-hydrogen) atoms. The second-order valence-electron chi connectivity index (χ2n) is 4.47. The van der Waals surface area contributed by atoms with Gasteiger partial charge in [-0.1, -0.05) is 18.2 Å². The van der Waals surface area contributed by atoms with E-state index in [1.165, 1.54) is 6.07 Å². The third-order valence-corrected chi connectivity index (χ3v) is 4.76. The van der Waals surface area contributed by atoms with Crippen molar-refractivity contribution in [3.05, 3.63) is 35.6 Å². The Bertz CT molecular complexity index is 500. The number of hydrogen-bond acceptors (Lipinski definition) is 3. The second-order valence-corrected chi connectivity index (χ2v) is 6.66. The summed E-state index contributed by atoms with van der Waals surface area (Å²) in [4.78, 5) is 0. The molecule has 1 aliphatic rings. The van der Waals surface area contributed by atoms with Gasteiger partial charge in [0.2, 0.25) is 0 Å². The fraction of sp³-hybridized carbons (Fsp3) is 0.455. The summed E-state index contributed by atoms with van der Waals surface area (Å²) in [6, 6.07) is 6.34. The minimum Gasteiger partial charge on any atom is -0.324 e. The molecular weight excluding hydrogens is 229 g/mol. The molecule has 1 aromatic rings. The summed E-state index contributed by atoms with van der Waals surface area (Å²) < 4.78 is 36.1. The highest BCUT2D eigenvalue weighted by atomic mass is 32.2. The zero-order valence-electron chi connectivity index (χ0n) is 8.82. The van der Waals surface area contributed by atoms with Crippen LogP contribution in [0.5, 0.6) is 0 Å². The minimum atomic E-state index is -3.03. The molecule has 0 saturated carbocycles. The zero-order valence-corrected chi connectivity index (χ0v) is 9.63. The van der Waals surface area contributed by atoms with Crippen LogP contribution < -0.4 is 5.73 Å². The van der Waals surface area contributed by atoms with Crippen LogP contribution in [-0.4, -0.2) is 25.5 Å². The van der Waals surface area contributed by atoms with Gasteiger partial charge in [0.1, 0.15) is 5.82 Å². The smallest absolute Gasteiger partial charge is 0.152 e. The van der Waals surface area contributed by atoms with Crippen LogP contribution in [0.25, 0.3) is 0 Å². The highest BCUT2D eigenvalue weighted by molar-refractivity contribution is 7.91. The predicted molar refractivity (Wildman–Crippen MR) is 60.3 cm³/mol. The first-order valence-corrected chi connectivity index (χ1v) is 6.95. The molecular formula is C11H14FNO2S. The van der Waals surface area contributed by atoms with Gasteiger partial charge in [-0.25, -0.2) is 12.8 Å². The number of benzene rings is 1. The first kappa shape index (κ1) is 11.5. The molecule has 0 bridgehead atoms. The molecule has 1 aliphatic heterocycles. The van der Waals surface area contributed by atoms with E-state index in [1.807, 2.05) is 0 Å². The molecule has 1 aromatic carbocycles. The molecule has 0 aliphatic carbocycles. The molecule has 3 nitrogen and oxygen atoms in total. The van der Waals surface area contributed by atoms with Crippen molar-refractivity contribution >= 4 is 9.84 Å². The quantitative estimate of drug-likeness (QED) is 0.839. The Kier molecular flexibility index (Phi) is 2.75. The molecule has 1 saturated heterocycles. The lowest BCUT2D eigenvalue weighted by molar-refractivity contribution is 0.463. The van der Waals surface area contributed by atoms with Gasteiger partial charge < -0.3 is 5.73 Å². The van der Waals surface area contributed by atoms with E-state index < -0.39 is 15.4 Å². The summed E-state index contributed by atoms with van der Waals surface area (Å²) in [7, 11) is -3.03. The van der Waals surface area contributed by atoms with Crippen LogP contribution in [0.4, 0.5) is 4.39 Å². The fourth-order valence-electron chi connectivity index (χ4n) is 2.10. The van der Waals surface area contributed by atoms with Crippen LogP contribution in [-0.2, 0) is 16.3 Å². The van der Waals surface area contributed by atoms with E-state index in [1.54, 1.807) is 18.2 Å². The molecule has 2 N–H and O–H groups in total. The predicted octanol–water partition coefficient (Wildman–Crippen LogP) is 0.884. The standard InChI is InChI=1S/C11H14FNO2S/c12-10-4-2-1-3-9(10)7-11(13)5-6-16(14,15)8-11/h1-4H,5-8,13H2. The van der Waals surface area contributed by atoms with Crippen molar-refractivity contribution in [1.82, 2.24) is 0 Å². The first-order valence-electron chi connectivity index (χ1n) is 5.13. The van der Waals surface area contributed by atoms with Crippen LogP contribution in [0.1, 0.15) is 12.0 Å². The highest BCUT2D eigenvalue weighted by Crippen LogP contribution is 2.25. The summed E-state index contributed by atoms with van der Waals surface area (Å²) in [5.74, 6) is -0.261. The van der Waals surface area contributed by atoms with Crippen molar-refractivity contribution in [3.8, 4) is 0 Å². The number of hydrogen-bond donors (Lipinski definition) is 1. The topological polar surface area (TPSA) is 60.2 Å². The van der Waals surface area contributed by atoms with Crippen molar-refractivity contribution in [3.63, 3.8) is 0 Å². The van der Waals surface area contributed by atoms with Gasteiger partial charge in [-0.2, -0.15) is 0 Å². The summed E-state index contributed by atoms with van der Waals surface area (Å²) in [6.07, 6.45) is 0.683. The minimum absolute atomic E-state index is 0.0473. The van der Waals surface area contributed by atoms with E-state index in [9.17, 15) is 12.8 Å². The summed E-state index contributed by atoms with van der Waals surface area (Å²) >= 11 is 0. The maximum Gasteiger partial charge on any atom is 0.152 e. The van der Waals surface area contributed by atoms with Crippen molar-refractivity contribution in [2.45, 2.75) is 18.4 Å². The Balaban J connectivity index is 2.20. The third-order valence-electron chi connectivity index (χ3n) is 2.92. The third kappa shape index (κ3) is 2.41. The lowest BCUT2D eigenvalue weighted by atomic mass is 9.91. The number of sulfone groups is 1. The van der Waals surface area contributed by atoms with Crippen molar-refractivity contribution in [1.29, 1.82) is 0 Å². The maximum absolute atomic E-state index is 13.4. The van der Waals surface area contributed by atoms with Gasteiger partial charge in [0.15, 0.2) is 9.84 Å². The van der Waals surface area contributed by atoms with Crippen molar-refractivity contribution in [2.75, 3.05) is 11.5 Å². The van der Waals surface area contributed by atoms with Crippen molar-refractivity contribution < 1.29 is 12.8 Å². The lowest BCUT2D eigenvalue weighted by Gasteiger charge is -2.22. The van der Waals surface area contributed by atoms with Gasteiger partial charge in [0.05, 0.1) is 11.5 Å². The van der Waals surface area contributed by atoms with Gasteiger partial charge in [-0.15, -0.1) is 0 Å². The number of halogens is 1. The molecule has 0 radical (unpaired) electrons. The van der Waals surface area contributed by atoms with Crippen LogP contribution in [0.2, 0.25) is 0 Å². The molecule has 88 valence electrons. The van der Waals surface area contributed by atoms with Gasteiger partial charge in [-0.3, -0.25) is 0 Å². The number of rotatable bonds is 2. The molecule has 1 fully saturated rings. The van der Waals surface area contributed by atoms with E-state index in [2.05, 4.69) is 0 Å². The summed E-state index contributed by atoms with van der Waals surface area (Å²) in [5, 5.41) is 0. The van der Waals surface area contributed by atoms with E-state index in [0.29, 0.717) is 12.0 Å². The maximum atomic E-state index is 13.4. The van der Waals surface area contributed by atoms with Crippen LogP contribution >= 0.6 is 0 Å². The van der Waals surface area contributed by atoms with E-state index in [4.69, 9.17) is 5.73 Å². The van der Waals surface area contributed by atoms with E-state index >= 15 is 0 Å². The van der Waals surface area contributed by atoms with E-state index in [0.717, 1.165) is 0 Å². The summed E-state index contributed by atoms with van der Waals surface area (Å²) in [6.45, 7) is 0. The highest BCUT2D eigenvalue weighted by Gasteiger charge is 2.39. The average Bonchev–Trinajstić information content (AvgIpc) is 2.45. The van der Waals surface area contributed by atoms with Gasteiger partial charge >= 0.3 is 0 Å². The Hall–Kier alpha value is -0.940. The molecule has 0 aromatic heterocycles. The Morgan fingerprint density at radius 3 is 2.62 bits per heavy atom. The van der Waals surface area contributed by atoms with Gasteiger partial charge in [0.25, 0.3) is 0 Å². The molecule has 5 heteroatoms. The molecule has 1 atom stereocenters. The Morgan fingerprint density at radius 1 is 1.38 bits per heavy atom. The van der Waals surface area contributed by atoms with Crippen molar-refractivity contribution in [2.24, 2.45) is 5.73 Å². The molecule has 0 spiro atoms. The normalized spacial score (nSPS) is 28.1. The zero-order chi connectivity index (χ0) is 11.8. The van der Waals surface area contributed by atoms with Gasteiger partial charge in [-0.05, 0) is 24.5 Å². The summed E-state index contributed by atoms with van der Waals surface area (Å²) in [5.41, 5.74) is 5.67. The average molecular weight is 243 g/mol. The Morgan fingerprint density at radius 2 is 2.06 bits per heavy atom. The molecule has 0 amide bonds.